The third kappa shape index (κ3) is 3.06. The highest BCUT2D eigenvalue weighted by Crippen LogP contribution is 2.23. The van der Waals surface area contributed by atoms with Gasteiger partial charge in [-0.05, 0) is 36.3 Å². The quantitative estimate of drug-likeness (QED) is 0.885. The van der Waals surface area contributed by atoms with Crippen molar-refractivity contribution in [1.82, 2.24) is 24.9 Å². The highest BCUT2D eigenvalue weighted by molar-refractivity contribution is 9.10. The predicted molar refractivity (Wildman–Crippen MR) is 79.1 cm³/mol. The molecule has 0 spiro atoms. The van der Waals surface area contributed by atoms with Crippen molar-refractivity contribution in [2.75, 3.05) is 7.05 Å². The van der Waals surface area contributed by atoms with Gasteiger partial charge in [0.25, 0.3) is 0 Å². The molecule has 0 aliphatic carbocycles. The third-order valence-electron chi connectivity index (χ3n) is 3.07. The molecule has 5 nitrogen and oxygen atoms in total. The Labute approximate surface area is 122 Å². The second-order valence-corrected chi connectivity index (χ2v) is 5.25. The van der Waals surface area contributed by atoms with E-state index in [1.54, 1.807) is 0 Å². The van der Waals surface area contributed by atoms with Gasteiger partial charge in [0, 0.05) is 24.8 Å². The zero-order chi connectivity index (χ0) is 13.8. The number of hydrogen-bond acceptors (Lipinski definition) is 3. The van der Waals surface area contributed by atoms with Crippen molar-refractivity contribution in [3.05, 3.63) is 33.8 Å². The van der Waals surface area contributed by atoms with Crippen molar-refractivity contribution in [3.8, 4) is 0 Å². The fourth-order valence-electron chi connectivity index (χ4n) is 2.11. The molecular weight excluding hydrogens is 306 g/mol. The van der Waals surface area contributed by atoms with E-state index in [9.17, 15) is 0 Å². The van der Waals surface area contributed by atoms with Crippen LogP contribution in [0.25, 0.3) is 0 Å². The van der Waals surface area contributed by atoms with Crippen LogP contribution < -0.4 is 5.32 Å². The SMILES string of the molecule is CCc1nn(CC)c(Cn2cc(CNC)cn2)c1Br. The lowest BCUT2D eigenvalue weighted by molar-refractivity contribution is 0.572. The van der Waals surface area contributed by atoms with E-state index in [4.69, 9.17) is 0 Å². The summed E-state index contributed by atoms with van der Waals surface area (Å²) >= 11 is 3.66. The second-order valence-electron chi connectivity index (χ2n) is 4.45. The first-order valence-corrected chi connectivity index (χ1v) is 7.38. The van der Waals surface area contributed by atoms with E-state index in [2.05, 4.69) is 51.5 Å². The molecule has 0 unspecified atom stereocenters. The second kappa shape index (κ2) is 6.34. The average molecular weight is 326 g/mol. The molecule has 2 aromatic rings. The Hall–Kier alpha value is -1.14. The normalized spacial score (nSPS) is 11.2. The van der Waals surface area contributed by atoms with Crippen LogP contribution in [0, 0.1) is 0 Å². The van der Waals surface area contributed by atoms with E-state index in [-0.39, 0.29) is 0 Å². The summed E-state index contributed by atoms with van der Waals surface area (Å²) in [7, 11) is 1.94. The summed E-state index contributed by atoms with van der Waals surface area (Å²) in [5, 5.41) is 12.1. The van der Waals surface area contributed by atoms with E-state index >= 15 is 0 Å². The summed E-state index contributed by atoms with van der Waals surface area (Å²) in [5.41, 5.74) is 3.48. The lowest BCUT2D eigenvalue weighted by Gasteiger charge is -2.05. The van der Waals surface area contributed by atoms with Gasteiger partial charge in [0.15, 0.2) is 0 Å². The van der Waals surface area contributed by atoms with Crippen molar-refractivity contribution >= 4 is 15.9 Å². The van der Waals surface area contributed by atoms with E-state index in [0.717, 1.165) is 36.2 Å². The minimum Gasteiger partial charge on any atom is -0.316 e. The summed E-state index contributed by atoms with van der Waals surface area (Å²) in [6.45, 7) is 6.69. The summed E-state index contributed by atoms with van der Waals surface area (Å²) in [5.74, 6) is 0. The maximum Gasteiger partial charge on any atom is 0.0839 e. The molecule has 0 aliphatic rings. The highest BCUT2D eigenvalue weighted by atomic mass is 79.9. The van der Waals surface area contributed by atoms with E-state index in [1.807, 2.05) is 22.6 Å². The monoisotopic (exact) mass is 325 g/mol. The maximum absolute atomic E-state index is 4.60. The molecule has 104 valence electrons. The number of aromatic nitrogens is 4. The Morgan fingerprint density at radius 3 is 2.79 bits per heavy atom. The van der Waals surface area contributed by atoms with E-state index in [1.165, 1.54) is 11.3 Å². The molecule has 19 heavy (non-hydrogen) atoms. The number of halogens is 1. The molecule has 0 saturated heterocycles. The summed E-state index contributed by atoms with van der Waals surface area (Å²) in [6.07, 6.45) is 4.91. The van der Waals surface area contributed by atoms with Gasteiger partial charge in [-0.1, -0.05) is 6.92 Å². The van der Waals surface area contributed by atoms with Crippen LogP contribution in [0.5, 0.6) is 0 Å². The highest BCUT2D eigenvalue weighted by Gasteiger charge is 2.14. The Kier molecular flexibility index (Phi) is 4.76. The van der Waals surface area contributed by atoms with Crippen molar-refractivity contribution in [2.45, 2.75) is 39.9 Å². The molecule has 0 amide bonds. The lowest BCUT2D eigenvalue weighted by atomic mass is 10.3. The van der Waals surface area contributed by atoms with Gasteiger partial charge in [0.2, 0.25) is 0 Å². The largest absolute Gasteiger partial charge is 0.316 e. The molecule has 0 bridgehead atoms. The lowest BCUT2D eigenvalue weighted by Crippen LogP contribution is -2.09. The van der Waals surface area contributed by atoms with Crippen LogP contribution in [0.1, 0.15) is 30.8 Å². The molecule has 0 saturated carbocycles. The molecule has 0 aromatic carbocycles. The maximum atomic E-state index is 4.60. The Morgan fingerprint density at radius 1 is 1.37 bits per heavy atom. The van der Waals surface area contributed by atoms with E-state index < -0.39 is 0 Å². The summed E-state index contributed by atoms with van der Waals surface area (Å²) in [6, 6.07) is 0. The standard InChI is InChI=1S/C13H20BrN5/c1-4-11-13(14)12(19(5-2)17-11)9-18-8-10(6-15-3)7-16-18/h7-8,15H,4-6,9H2,1-3H3. The zero-order valence-electron chi connectivity index (χ0n) is 11.6. The van der Waals surface area contributed by atoms with Crippen LogP contribution in [0.4, 0.5) is 0 Å². The van der Waals surface area contributed by atoms with Crippen molar-refractivity contribution in [2.24, 2.45) is 0 Å². The van der Waals surface area contributed by atoms with Gasteiger partial charge in [0.05, 0.1) is 28.6 Å². The Balaban J connectivity index is 2.23. The Morgan fingerprint density at radius 2 is 2.16 bits per heavy atom. The van der Waals surface area contributed by atoms with Gasteiger partial charge in [-0.25, -0.2) is 0 Å². The van der Waals surface area contributed by atoms with Crippen LogP contribution in [0.15, 0.2) is 16.9 Å². The third-order valence-corrected chi connectivity index (χ3v) is 3.99. The molecule has 6 heteroatoms. The first kappa shape index (κ1) is 14.3. The summed E-state index contributed by atoms with van der Waals surface area (Å²) < 4.78 is 5.12. The van der Waals surface area contributed by atoms with Gasteiger partial charge in [0.1, 0.15) is 0 Å². The first-order valence-electron chi connectivity index (χ1n) is 6.59. The van der Waals surface area contributed by atoms with Crippen LogP contribution >= 0.6 is 15.9 Å². The van der Waals surface area contributed by atoms with E-state index in [0.29, 0.717) is 0 Å². The molecule has 2 aromatic heterocycles. The summed E-state index contributed by atoms with van der Waals surface area (Å²) in [4.78, 5) is 0. The minimum absolute atomic E-state index is 0.741. The smallest absolute Gasteiger partial charge is 0.0839 e. The predicted octanol–water partition coefficient (Wildman–Crippen LogP) is 2.19. The van der Waals surface area contributed by atoms with Crippen LogP contribution in [-0.2, 0) is 26.1 Å². The van der Waals surface area contributed by atoms with Gasteiger partial charge >= 0.3 is 0 Å². The van der Waals surface area contributed by atoms with Crippen molar-refractivity contribution in [1.29, 1.82) is 0 Å². The topological polar surface area (TPSA) is 47.7 Å². The zero-order valence-corrected chi connectivity index (χ0v) is 13.2. The molecular formula is C13H20BrN5. The van der Waals surface area contributed by atoms with Gasteiger partial charge in [-0.2, -0.15) is 10.2 Å². The molecule has 0 atom stereocenters. The minimum atomic E-state index is 0.741. The number of rotatable bonds is 6. The molecule has 2 heterocycles. The number of hydrogen-bond donors (Lipinski definition) is 1. The Bertz CT molecular complexity index is 543. The number of nitrogens with zero attached hydrogens (tertiary/aromatic N) is 4. The molecule has 0 aliphatic heterocycles. The van der Waals surface area contributed by atoms with Gasteiger partial charge in [-0.3, -0.25) is 9.36 Å². The molecule has 0 fully saturated rings. The molecule has 0 radical (unpaired) electrons. The van der Waals surface area contributed by atoms with Crippen molar-refractivity contribution < 1.29 is 0 Å². The van der Waals surface area contributed by atoms with Crippen LogP contribution in [0.2, 0.25) is 0 Å². The number of nitrogens with one attached hydrogen (secondary N) is 1. The average Bonchev–Trinajstić information content (AvgIpc) is 2.97. The number of aryl methyl sites for hydroxylation is 2. The van der Waals surface area contributed by atoms with Crippen LogP contribution in [-0.4, -0.2) is 26.6 Å². The molecule has 2 rings (SSSR count). The van der Waals surface area contributed by atoms with Gasteiger partial charge < -0.3 is 5.32 Å². The fraction of sp³-hybridized carbons (Fsp3) is 0.538. The van der Waals surface area contributed by atoms with Crippen LogP contribution in [0.3, 0.4) is 0 Å². The van der Waals surface area contributed by atoms with Gasteiger partial charge in [-0.15, -0.1) is 0 Å². The first-order chi connectivity index (χ1) is 9.19. The molecule has 1 N–H and O–H groups in total. The van der Waals surface area contributed by atoms with Crippen molar-refractivity contribution in [3.63, 3.8) is 0 Å². The fourth-order valence-corrected chi connectivity index (χ4v) is 2.80.